The highest BCUT2D eigenvalue weighted by Crippen LogP contribution is 2.20. The molecule has 2 aromatic carbocycles. The summed E-state index contributed by atoms with van der Waals surface area (Å²) in [6, 6.07) is 15.9. The number of hydrogen-bond donors (Lipinski definition) is 1. The van der Waals surface area contributed by atoms with Gasteiger partial charge in [0.15, 0.2) is 15.7 Å². The van der Waals surface area contributed by atoms with Gasteiger partial charge in [-0.1, -0.05) is 35.5 Å². The topological polar surface area (TPSA) is 99.1 Å². The molecule has 0 bridgehead atoms. The highest BCUT2D eigenvalue weighted by atomic mass is 32.2. The Balaban J connectivity index is 1.78. The van der Waals surface area contributed by atoms with Crippen LogP contribution in [0.1, 0.15) is 11.4 Å². The number of nitrogens with two attached hydrogens (primary N) is 1. The molecule has 0 amide bonds. The molecule has 0 saturated heterocycles. The maximum Gasteiger partial charge on any atom is 0.257 e. The summed E-state index contributed by atoms with van der Waals surface area (Å²) in [5, 5.41) is 3.77. The molecule has 124 valence electrons. The lowest BCUT2D eigenvalue weighted by molar-refractivity contribution is 0.424. The zero-order chi connectivity index (χ0) is 17.0. The van der Waals surface area contributed by atoms with E-state index in [-0.39, 0.29) is 16.5 Å². The van der Waals surface area contributed by atoms with E-state index < -0.39 is 9.84 Å². The van der Waals surface area contributed by atoms with Crippen LogP contribution in [0.25, 0.3) is 11.5 Å². The van der Waals surface area contributed by atoms with Crippen molar-refractivity contribution < 1.29 is 12.9 Å². The summed E-state index contributed by atoms with van der Waals surface area (Å²) in [5.41, 5.74) is 7.24. The SMILES string of the molecule is NCCc1ccc(S(=O)(=O)Cc2noc(-c3ccccc3)n2)cc1. The predicted molar refractivity (Wildman–Crippen MR) is 89.8 cm³/mol. The van der Waals surface area contributed by atoms with Crippen molar-refractivity contribution in [1.29, 1.82) is 0 Å². The molecular weight excluding hydrogens is 326 g/mol. The van der Waals surface area contributed by atoms with Gasteiger partial charge >= 0.3 is 0 Å². The molecule has 3 rings (SSSR count). The second-order valence-electron chi connectivity index (χ2n) is 5.32. The fourth-order valence-electron chi connectivity index (χ4n) is 2.29. The van der Waals surface area contributed by atoms with Gasteiger partial charge in [-0.15, -0.1) is 0 Å². The third kappa shape index (κ3) is 3.69. The van der Waals surface area contributed by atoms with Crippen LogP contribution < -0.4 is 5.73 Å². The molecule has 3 aromatic rings. The minimum absolute atomic E-state index is 0.139. The van der Waals surface area contributed by atoms with Gasteiger partial charge in [-0.3, -0.25) is 0 Å². The van der Waals surface area contributed by atoms with Crippen molar-refractivity contribution in [3.63, 3.8) is 0 Å². The Hall–Kier alpha value is -2.51. The fraction of sp³-hybridized carbons (Fsp3) is 0.176. The van der Waals surface area contributed by atoms with Gasteiger partial charge in [-0.05, 0) is 42.8 Å². The molecule has 1 heterocycles. The molecule has 6 nitrogen and oxygen atoms in total. The van der Waals surface area contributed by atoms with E-state index in [1.165, 1.54) is 0 Å². The van der Waals surface area contributed by atoms with Crippen LogP contribution in [0.4, 0.5) is 0 Å². The van der Waals surface area contributed by atoms with E-state index in [2.05, 4.69) is 10.1 Å². The Bertz CT molecular complexity index is 904. The predicted octanol–water partition coefficient (Wildman–Crippen LogP) is 2.21. The van der Waals surface area contributed by atoms with Crippen LogP contribution in [0.2, 0.25) is 0 Å². The third-order valence-corrected chi connectivity index (χ3v) is 5.15. The monoisotopic (exact) mass is 343 g/mol. The van der Waals surface area contributed by atoms with E-state index in [4.69, 9.17) is 10.3 Å². The Morgan fingerprint density at radius 1 is 1.00 bits per heavy atom. The summed E-state index contributed by atoms with van der Waals surface area (Å²) in [5.74, 6) is 0.138. The highest BCUT2D eigenvalue weighted by molar-refractivity contribution is 7.90. The summed E-state index contributed by atoms with van der Waals surface area (Å²) in [6.07, 6.45) is 0.714. The number of aromatic nitrogens is 2. The van der Waals surface area contributed by atoms with Gasteiger partial charge in [0.25, 0.3) is 5.89 Å². The van der Waals surface area contributed by atoms with Crippen LogP contribution >= 0.6 is 0 Å². The van der Waals surface area contributed by atoms with Crippen LogP contribution in [-0.2, 0) is 22.0 Å². The Labute approximate surface area is 140 Å². The molecule has 0 radical (unpaired) electrons. The lowest BCUT2D eigenvalue weighted by Gasteiger charge is -2.03. The smallest absolute Gasteiger partial charge is 0.257 e. The zero-order valence-electron chi connectivity index (χ0n) is 12.9. The van der Waals surface area contributed by atoms with E-state index in [0.717, 1.165) is 11.1 Å². The van der Waals surface area contributed by atoms with Crippen molar-refractivity contribution in [2.45, 2.75) is 17.1 Å². The number of nitrogens with zero attached hydrogens (tertiary/aromatic N) is 2. The van der Waals surface area contributed by atoms with E-state index in [1.54, 1.807) is 24.3 Å². The summed E-state index contributed by atoms with van der Waals surface area (Å²) in [4.78, 5) is 4.40. The van der Waals surface area contributed by atoms with Crippen LogP contribution in [0.15, 0.2) is 64.0 Å². The van der Waals surface area contributed by atoms with Gasteiger partial charge in [-0.25, -0.2) is 8.42 Å². The number of benzene rings is 2. The molecule has 0 aliphatic rings. The Morgan fingerprint density at radius 3 is 2.38 bits per heavy atom. The first-order valence-electron chi connectivity index (χ1n) is 7.48. The molecule has 1 aromatic heterocycles. The van der Waals surface area contributed by atoms with Crippen molar-refractivity contribution in [3.05, 3.63) is 66.0 Å². The second-order valence-corrected chi connectivity index (χ2v) is 7.31. The van der Waals surface area contributed by atoms with Crippen LogP contribution in [0.5, 0.6) is 0 Å². The first kappa shape index (κ1) is 16.4. The first-order chi connectivity index (χ1) is 11.6. The van der Waals surface area contributed by atoms with E-state index in [9.17, 15) is 8.42 Å². The van der Waals surface area contributed by atoms with Gasteiger partial charge in [0.1, 0.15) is 5.75 Å². The van der Waals surface area contributed by atoms with Crippen molar-refractivity contribution in [2.24, 2.45) is 5.73 Å². The van der Waals surface area contributed by atoms with Crippen molar-refractivity contribution in [2.75, 3.05) is 6.54 Å². The van der Waals surface area contributed by atoms with Gasteiger partial charge in [0.05, 0.1) is 4.90 Å². The summed E-state index contributed by atoms with van der Waals surface area (Å²) >= 11 is 0. The molecule has 2 N–H and O–H groups in total. The average Bonchev–Trinajstić information content (AvgIpc) is 3.04. The van der Waals surface area contributed by atoms with Crippen LogP contribution in [0.3, 0.4) is 0 Å². The average molecular weight is 343 g/mol. The molecule has 0 spiro atoms. The summed E-state index contributed by atoms with van der Waals surface area (Å²) in [6.45, 7) is 0.525. The Kier molecular flexibility index (Phi) is 4.73. The molecule has 0 fully saturated rings. The van der Waals surface area contributed by atoms with Gasteiger partial charge in [0, 0.05) is 5.56 Å². The normalized spacial score (nSPS) is 11.5. The molecule has 0 unspecified atom stereocenters. The molecule has 0 saturated carbocycles. The van der Waals surface area contributed by atoms with Crippen LogP contribution in [0, 0.1) is 0 Å². The number of hydrogen-bond acceptors (Lipinski definition) is 6. The minimum atomic E-state index is -3.53. The lowest BCUT2D eigenvalue weighted by atomic mass is 10.2. The van der Waals surface area contributed by atoms with Crippen LogP contribution in [-0.4, -0.2) is 25.1 Å². The van der Waals surface area contributed by atoms with E-state index in [1.807, 2.05) is 30.3 Å². The lowest BCUT2D eigenvalue weighted by Crippen LogP contribution is -2.07. The number of sulfone groups is 1. The second kappa shape index (κ2) is 6.94. The molecule has 0 atom stereocenters. The van der Waals surface area contributed by atoms with E-state index >= 15 is 0 Å². The van der Waals surface area contributed by atoms with Crippen molar-refractivity contribution in [3.8, 4) is 11.5 Å². The molecule has 7 heteroatoms. The maximum atomic E-state index is 12.5. The molecule has 0 aliphatic carbocycles. The fourth-order valence-corrected chi connectivity index (χ4v) is 3.47. The summed E-state index contributed by atoms with van der Waals surface area (Å²) < 4.78 is 30.1. The summed E-state index contributed by atoms with van der Waals surface area (Å²) in [7, 11) is -3.53. The highest BCUT2D eigenvalue weighted by Gasteiger charge is 2.19. The number of rotatable bonds is 6. The zero-order valence-corrected chi connectivity index (χ0v) is 13.7. The largest absolute Gasteiger partial charge is 0.334 e. The van der Waals surface area contributed by atoms with Crippen molar-refractivity contribution in [1.82, 2.24) is 10.1 Å². The standard InChI is InChI=1S/C17H17N3O3S/c18-11-10-13-6-8-15(9-7-13)24(21,22)12-16-19-17(23-20-16)14-4-2-1-3-5-14/h1-9H,10-12,18H2. The maximum absolute atomic E-state index is 12.5. The third-order valence-electron chi connectivity index (χ3n) is 3.52. The minimum Gasteiger partial charge on any atom is -0.334 e. The molecule has 24 heavy (non-hydrogen) atoms. The Morgan fingerprint density at radius 2 is 1.71 bits per heavy atom. The van der Waals surface area contributed by atoms with Gasteiger partial charge in [-0.2, -0.15) is 4.98 Å². The molecular formula is C17H17N3O3S. The van der Waals surface area contributed by atoms with Gasteiger partial charge < -0.3 is 10.3 Å². The van der Waals surface area contributed by atoms with Gasteiger partial charge in [0.2, 0.25) is 0 Å². The molecule has 0 aliphatic heterocycles. The first-order valence-corrected chi connectivity index (χ1v) is 9.13. The van der Waals surface area contributed by atoms with E-state index in [0.29, 0.717) is 18.9 Å². The van der Waals surface area contributed by atoms with Crippen molar-refractivity contribution >= 4 is 9.84 Å². The quantitative estimate of drug-likeness (QED) is 0.737.